The first-order chi connectivity index (χ1) is 17.9. The van der Waals surface area contributed by atoms with Gasteiger partial charge < -0.3 is 19.5 Å². The van der Waals surface area contributed by atoms with Crippen molar-refractivity contribution < 1.29 is 32.6 Å². The Bertz CT molecular complexity index is 1280. The van der Waals surface area contributed by atoms with Crippen LogP contribution in [-0.2, 0) is 20.7 Å². The monoisotopic (exact) mass is 547 g/mol. The first kappa shape index (κ1) is 28.8. The van der Waals surface area contributed by atoms with Crippen molar-refractivity contribution in [1.29, 1.82) is 0 Å². The third kappa shape index (κ3) is 8.65. The second-order valence-electron chi connectivity index (χ2n) is 9.25. The van der Waals surface area contributed by atoms with E-state index in [9.17, 15) is 18.4 Å². The summed E-state index contributed by atoms with van der Waals surface area (Å²) in [6.07, 6.45) is 0.247. The highest BCUT2D eigenvalue weighted by molar-refractivity contribution is 6.30. The number of aromatic nitrogens is 2. The number of rotatable bonds is 9. The molecule has 2 heterocycles. The van der Waals surface area contributed by atoms with Crippen LogP contribution in [0.5, 0.6) is 11.6 Å². The molecule has 11 heteroatoms. The van der Waals surface area contributed by atoms with Crippen molar-refractivity contribution in [1.82, 2.24) is 15.3 Å². The van der Waals surface area contributed by atoms with Gasteiger partial charge in [-0.15, -0.1) is 0 Å². The van der Waals surface area contributed by atoms with Crippen LogP contribution in [0, 0.1) is 11.6 Å². The minimum absolute atomic E-state index is 0.0422. The molecule has 0 saturated carbocycles. The van der Waals surface area contributed by atoms with Crippen molar-refractivity contribution in [2.24, 2.45) is 0 Å². The Hall–Kier alpha value is -3.79. The number of carbonyl (C=O) groups is 2. The lowest BCUT2D eigenvalue weighted by atomic mass is 10.1. The Morgan fingerprint density at radius 1 is 1.08 bits per heavy atom. The van der Waals surface area contributed by atoms with E-state index in [1.807, 2.05) is 0 Å². The number of halogens is 3. The van der Waals surface area contributed by atoms with Crippen LogP contribution in [0.4, 0.5) is 13.6 Å². The Balaban J connectivity index is 1.78. The predicted molar refractivity (Wildman–Crippen MR) is 137 cm³/mol. The molecule has 2 aromatic heterocycles. The average molecular weight is 548 g/mol. The number of nitrogens with zero attached hydrogens (tertiary/aromatic N) is 2. The molecule has 1 aromatic carbocycles. The molecule has 3 aromatic rings. The maximum Gasteiger partial charge on any atom is 0.407 e. The molecule has 0 saturated heterocycles. The molecule has 1 N–H and O–H groups in total. The van der Waals surface area contributed by atoms with Gasteiger partial charge >= 0.3 is 12.1 Å². The molecule has 0 spiro atoms. The van der Waals surface area contributed by atoms with Crippen molar-refractivity contribution in [3.63, 3.8) is 0 Å². The number of hydrogen-bond donors (Lipinski definition) is 1. The molecular weight excluding hydrogens is 520 g/mol. The molecule has 38 heavy (non-hydrogen) atoms. The number of alkyl carbamates (subject to hydrolysis) is 1. The van der Waals surface area contributed by atoms with Crippen LogP contribution in [-0.4, -0.2) is 40.3 Å². The quantitative estimate of drug-likeness (QED) is 0.316. The van der Waals surface area contributed by atoms with Gasteiger partial charge in [-0.25, -0.2) is 23.5 Å². The van der Waals surface area contributed by atoms with Gasteiger partial charge in [0.05, 0.1) is 29.4 Å². The van der Waals surface area contributed by atoms with Gasteiger partial charge in [-0.1, -0.05) is 11.6 Å². The number of esters is 1. The topological polar surface area (TPSA) is 99.6 Å². The Labute approximate surface area is 224 Å². The molecule has 3 rings (SSSR count). The van der Waals surface area contributed by atoms with Crippen LogP contribution in [0.3, 0.4) is 0 Å². The molecule has 0 bridgehead atoms. The lowest BCUT2D eigenvalue weighted by Gasteiger charge is -2.23. The first-order valence-corrected chi connectivity index (χ1v) is 12.2. The minimum Gasteiger partial charge on any atom is -0.466 e. The normalized spacial score (nSPS) is 12.0. The van der Waals surface area contributed by atoms with Gasteiger partial charge in [-0.2, -0.15) is 0 Å². The van der Waals surface area contributed by atoms with E-state index in [1.54, 1.807) is 52.0 Å². The Morgan fingerprint density at radius 3 is 2.42 bits per heavy atom. The van der Waals surface area contributed by atoms with Crippen molar-refractivity contribution >= 4 is 23.7 Å². The number of hydrogen-bond acceptors (Lipinski definition) is 7. The SMILES string of the molecule is CCOC(=O)C[C@H](Cc1nc(-c2ccc(Oc3ncc(Cl)cc3F)cc2)ccc1F)NC(=O)OC(C)(C)C. The van der Waals surface area contributed by atoms with Crippen molar-refractivity contribution in [3.05, 3.63) is 71.0 Å². The number of benzene rings is 1. The summed E-state index contributed by atoms with van der Waals surface area (Å²) in [7, 11) is 0. The van der Waals surface area contributed by atoms with Crippen LogP contribution in [0.1, 0.15) is 39.8 Å². The van der Waals surface area contributed by atoms with Gasteiger partial charge in [0, 0.05) is 24.2 Å². The lowest BCUT2D eigenvalue weighted by Crippen LogP contribution is -2.41. The fraction of sp³-hybridized carbons (Fsp3) is 0.333. The third-order valence-electron chi connectivity index (χ3n) is 4.94. The molecule has 1 atom stereocenters. The summed E-state index contributed by atoms with van der Waals surface area (Å²) in [6, 6.07) is 9.53. The predicted octanol–water partition coefficient (Wildman–Crippen LogP) is 6.26. The summed E-state index contributed by atoms with van der Waals surface area (Å²) in [4.78, 5) is 32.7. The van der Waals surface area contributed by atoms with Gasteiger partial charge in [0.15, 0.2) is 5.82 Å². The fourth-order valence-corrected chi connectivity index (χ4v) is 3.52. The first-order valence-electron chi connectivity index (χ1n) is 11.8. The van der Waals surface area contributed by atoms with E-state index in [0.29, 0.717) is 17.0 Å². The minimum atomic E-state index is -0.821. The molecule has 0 aliphatic carbocycles. The number of carbonyl (C=O) groups excluding carboxylic acids is 2. The lowest BCUT2D eigenvalue weighted by molar-refractivity contribution is -0.143. The standard InChI is InChI=1S/C27H28ClF2N3O5/c1-5-36-24(34)14-18(32-26(35)38-27(2,3)4)13-23-20(29)10-11-22(33-23)16-6-8-19(9-7-16)37-25-21(30)12-17(28)15-31-25/h6-12,15,18H,5,13-14H2,1-4H3,(H,32,35)/t18-/m0/s1. The van der Waals surface area contributed by atoms with E-state index in [2.05, 4.69) is 15.3 Å². The molecule has 0 aliphatic rings. The number of amides is 1. The second kappa shape index (κ2) is 12.6. The van der Waals surface area contributed by atoms with E-state index in [-0.39, 0.29) is 36.0 Å². The molecule has 0 aliphatic heterocycles. The summed E-state index contributed by atoms with van der Waals surface area (Å²) in [5.74, 6) is -1.76. The number of ether oxygens (including phenoxy) is 3. The molecule has 1 amide bonds. The van der Waals surface area contributed by atoms with Crippen LogP contribution in [0.2, 0.25) is 5.02 Å². The third-order valence-corrected chi connectivity index (χ3v) is 5.14. The highest BCUT2D eigenvalue weighted by Crippen LogP contribution is 2.27. The molecule has 202 valence electrons. The molecule has 0 radical (unpaired) electrons. The fourth-order valence-electron chi connectivity index (χ4n) is 3.37. The van der Waals surface area contributed by atoms with Crippen molar-refractivity contribution in [2.45, 2.75) is 52.2 Å². The van der Waals surface area contributed by atoms with Gasteiger partial charge in [-0.3, -0.25) is 4.79 Å². The highest BCUT2D eigenvalue weighted by Gasteiger charge is 2.24. The van der Waals surface area contributed by atoms with Gasteiger partial charge in [0.1, 0.15) is 17.2 Å². The van der Waals surface area contributed by atoms with Crippen LogP contribution >= 0.6 is 11.6 Å². The van der Waals surface area contributed by atoms with Crippen LogP contribution in [0.15, 0.2) is 48.7 Å². The maximum atomic E-state index is 14.7. The number of nitrogens with one attached hydrogen (secondary N) is 1. The zero-order valence-corrected chi connectivity index (χ0v) is 22.1. The van der Waals surface area contributed by atoms with Crippen LogP contribution < -0.4 is 10.1 Å². The largest absolute Gasteiger partial charge is 0.466 e. The number of pyridine rings is 2. The van der Waals surface area contributed by atoms with E-state index >= 15 is 0 Å². The van der Waals surface area contributed by atoms with E-state index < -0.39 is 35.3 Å². The zero-order valence-electron chi connectivity index (χ0n) is 21.4. The maximum absolute atomic E-state index is 14.7. The highest BCUT2D eigenvalue weighted by atomic mass is 35.5. The Morgan fingerprint density at radius 2 is 1.79 bits per heavy atom. The summed E-state index contributed by atoms with van der Waals surface area (Å²) in [6.45, 7) is 6.95. The summed E-state index contributed by atoms with van der Waals surface area (Å²) < 4.78 is 44.4. The zero-order chi connectivity index (χ0) is 27.9. The van der Waals surface area contributed by atoms with Crippen molar-refractivity contribution in [3.8, 4) is 22.9 Å². The molecule has 0 unspecified atom stereocenters. The second-order valence-corrected chi connectivity index (χ2v) is 9.68. The van der Waals surface area contributed by atoms with Gasteiger partial charge in [0.2, 0.25) is 0 Å². The van der Waals surface area contributed by atoms with Gasteiger partial charge in [-0.05, 0) is 70.2 Å². The summed E-state index contributed by atoms with van der Waals surface area (Å²) in [5, 5.41) is 2.75. The van der Waals surface area contributed by atoms with Gasteiger partial charge in [0.25, 0.3) is 5.88 Å². The smallest absolute Gasteiger partial charge is 0.407 e. The average Bonchev–Trinajstić information content (AvgIpc) is 2.81. The van der Waals surface area contributed by atoms with E-state index in [4.69, 9.17) is 25.8 Å². The van der Waals surface area contributed by atoms with Crippen molar-refractivity contribution in [2.75, 3.05) is 6.61 Å². The van der Waals surface area contributed by atoms with E-state index in [1.165, 1.54) is 18.3 Å². The Kier molecular flexibility index (Phi) is 9.57. The molecule has 8 nitrogen and oxygen atoms in total. The summed E-state index contributed by atoms with van der Waals surface area (Å²) in [5.41, 5.74) is 0.356. The summed E-state index contributed by atoms with van der Waals surface area (Å²) >= 11 is 5.71. The molecular formula is C27H28ClF2N3O5. The van der Waals surface area contributed by atoms with E-state index in [0.717, 1.165) is 6.07 Å². The molecule has 0 fully saturated rings. The van der Waals surface area contributed by atoms with Crippen LogP contribution in [0.25, 0.3) is 11.3 Å².